The van der Waals surface area contributed by atoms with Crippen LogP contribution in [0.1, 0.15) is 60.7 Å². The molecule has 3 atom stereocenters. The Labute approximate surface area is 250 Å². The topological polar surface area (TPSA) is 138 Å². The fourth-order valence-electron chi connectivity index (χ4n) is 4.34. The normalized spacial score (nSPS) is 15.1. The number of thiol groups is 1. The van der Waals surface area contributed by atoms with E-state index in [2.05, 4.69) is 33.6 Å². The Balaban J connectivity index is 1.58. The number of nitrogens with zero attached hydrogens (tertiary/aromatic N) is 2. The van der Waals surface area contributed by atoms with Gasteiger partial charge in [-0.3, -0.25) is 28.9 Å². The second-order valence-corrected chi connectivity index (χ2v) is 12.4. The van der Waals surface area contributed by atoms with Crippen molar-refractivity contribution in [3.8, 4) is 0 Å². The summed E-state index contributed by atoms with van der Waals surface area (Å²) in [5.74, 6) is -1.06. The highest BCUT2D eigenvalue weighted by molar-refractivity contribution is 7.98. The molecule has 3 N–H and O–H groups in total. The van der Waals surface area contributed by atoms with Gasteiger partial charge in [0, 0.05) is 12.7 Å². The first-order valence-electron chi connectivity index (χ1n) is 13.4. The van der Waals surface area contributed by atoms with E-state index in [4.69, 9.17) is 0 Å². The van der Waals surface area contributed by atoms with Crippen LogP contribution >= 0.6 is 24.4 Å². The molecule has 2 aromatic rings. The zero-order valence-electron chi connectivity index (χ0n) is 23.7. The van der Waals surface area contributed by atoms with E-state index in [1.807, 2.05) is 27.0 Å². The molecule has 0 radical (unpaired) electrons. The Bertz CT molecular complexity index is 1230. The van der Waals surface area contributed by atoms with Gasteiger partial charge in [0.2, 0.25) is 17.7 Å². The Morgan fingerprint density at radius 3 is 2.12 bits per heavy atom. The molecule has 0 aliphatic carbocycles. The minimum Gasteiger partial charge on any atom is -0.343 e. The van der Waals surface area contributed by atoms with E-state index in [0.29, 0.717) is 35.5 Å². The Morgan fingerprint density at radius 1 is 0.927 bits per heavy atom. The molecule has 0 fully saturated rings. The van der Waals surface area contributed by atoms with Gasteiger partial charge in [0.05, 0.1) is 16.4 Å². The number of amides is 5. The number of imide groups is 1. The van der Waals surface area contributed by atoms with Gasteiger partial charge in [0.1, 0.15) is 17.9 Å². The molecule has 1 aliphatic heterocycles. The quantitative estimate of drug-likeness (QED) is 0.205. The van der Waals surface area contributed by atoms with E-state index >= 15 is 0 Å². The summed E-state index contributed by atoms with van der Waals surface area (Å²) in [5, 5.41) is 7.56. The molecule has 41 heavy (non-hydrogen) atoms. The second kappa shape index (κ2) is 14.5. The molecule has 1 aliphatic rings. The number of pyridine rings is 1. The maximum Gasteiger partial charge on any atom is 0.261 e. The first kappa shape index (κ1) is 32.1. The Hall–Kier alpha value is -3.38. The molecule has 2 heterocycles. The number of rotatable bonds is 13. The minimum atomic E-state index is -0.892. The summed E-state index contributed by atoms with van der Waals surface area (Å²) < 4.78 is 0. The predicted molar refractivity (Wildman–Crippen MR) is 163 cm³/mol. The summed E-state index contributed by atoms with van der Waals surface area (Å²) >= 11 is 5.96. The van der Waals surface area contributed by atoms with Gasteiger partial charge in [-0.25, -0.2) is 4.98 Å². The molecule has 220 valence electrons. The molecule has 12 heteroatoms. The molecule has 0 bridgehead atoms. The van der Waals surface area contributed by atoms with E-state index in [-0.39, 0.29) is 24.8 Å². The van der Waals surface area contributed by atoms with Crippen LogP contribution in [0.3, 0.4) is 0 Å². The van der Waals surface area contributed by atoms with Gasteiger partial charge in [-0.05, 0) is 61.0 Å². The summed E-state index contributed by atoms with van der Waals surface area (Å²) in [6, 6.07) is 10.0. The summed E-state index contributed by atoms with van der Waals surface area (Å²) in [6.07, 6.45) is 4.47. The predicted octanol–water partition coefficient (Wildman–Crippen LogP) is 3.16. The highest BCUT2D eigenvalue weighted by Crippen LogP contribution is 2.24. The third-order valence-electron chi connectivity index (χ3n) is 6.61. The smallest absolute Gasteiger partial charge is 0.261 e. The van der Waals surface area contributed by atoms with Crippen molar-refractivity contribution in [3.63, 3.8) is 0 Å². The number of hydrogen-bond donors (Lipinski definition) is 4. The first-order chi connectivity index (χ1) is 19.4. The highest BCUT2D eigenvalue weighted by atomic mass is 32.2. The SMILES string of the molecule is CSCC[C@H](NC(=O)[C@@H](S)CCCN1C(=O)c2ccccc2C1=O)C(=O)NC(C(=O)Nc1ccccn1)C(C)(C)C. The fourth-order valence-corrected chi connectivity index (χ4v) is 5.07. The van der Waals surface area contributed by atoms with E-state index in [1.165, 1.54) is 16.7 Å². The molecule has 3 rings (SSSR count). The fraction of sp³-hybridized carbons (Fsp3) is 0.448. The van der Waals surface area contributed by atoms with Crippen molar-refractivity contribution in [1.29, 1.82) is 0 Å². The van der Waals surface area contributed by atoms with Crippen LogP contribution in [-0.4, -0.2) is 75.3 Å². The molecular formula is C29H37N5O5S2. The zero-order valence-corrected chi connectivity index (χ0v) is 25.4. The lowest BCUT2D eigenvalue weighted by Gasteiger charge is -2.32. The second-order valence-electron chi connectivity index (χ2n) is 10.8. The maximum atomic E-state index is 13.4. The van der Waals surface area contributed by atoms with Crippen LogP contribution in [0.4, 0.5) is 5.82 Å². The maximum absolute atomic E-state index is 13.4. The molecule has 5 amide bonds. The van der Waals surface area contributed by atoms with Crippen LogP contribution in [0, 0.1) is 5.41 Å². The van der Waals surface area contributed by atoms with Crippen molar-refractivity contribution in [3.05, 3.63) is 59.8 Å². The number of benzene rings is 1. The molecule has 1 aromatic heterocycles. The lowest BCUT2D eigenvalue weighted by atomic mass is 9.85. The molecule has 1 unspecified atom stereocenters. The van der Waals surface area contributed by atoms with Crippen LogP contribution < -0.4 is 16.0 Å². The number of hydrogen-bond acceptors (Lipinski definition) is 8. The lowest BCUT2D eigenvalue weighted by molar-refractivity contribution is -0.132. The minimum absolute atomic E-state index is 0.158. The van der Waals surface area contributed by atoms with Gasteiger partial charge in [0.25, 0.3) is 11.8 Å². The van der Waals surface area contributed by atoms with Crippen molar-refractivity contribution in [2.45, 2.75) is 57.4 Å². The number of thioether (sulfide) groups is 1. The van der Waals surface area contributed by atoms with Crippen molar-refractivity contribution < 1.29 is 24.0 Å². The van der Waals surface area contributed by atoms with Crippen LogP contribution in [-0.2, 0) is 14.4 Å². The number of anilines is 1. The third kappa shape index (κ3) is 8.56. The van der Waals surface area contributed by atoms with Gasteiger partial charge in [-0.1, -0.05) is 39.0 Å². The van der Waals surface area contributed by atoms with Crippen LogP contribution in [0.5, 0.6) is 0 Å². The highest BCUT2D eigenvalue weighted by Gasteiger charge is 2.36. The molecule has 1 aromatic carbocycles. The number of nitrogens with one attached hydrogen (secondary N) is 3. The third-order valence-corrected chi connectivity index (χ3v) is 7.75. The van der Waals surface area contributed by atoms with Crippen molar-refractivity contribution in [2.24, 2.45) is 5.41 Å². The number of carbonyl (C=O) groups excluding carboxylic acids is 5. The summed E-state index contributed by atoms with van der Waals surface area (Å²) in [5.41, 5.74) is 0.129. The Kier molecular flexibility index (Phi) is 11.4. The summed E-state index contributed by atoms with van der Waals surface area (Å²) in [6.45, 7) is 5.67. The standard InChI is InChI=1S/C29H37N5O5S2/c1-29(2,3)23(26(37)32-22-13-7-8-15-30-22)33-24(35)20(14-17-41-4)31-25(36)21(40)12-9-16-34-27(38)18-10-5-6-11-19(18)28(34)39/h5-8,10-11,13,15,20-21,23,40H,9,12,14,16-17H2,1-4H3,(H,31,36)(H,33,35)(H,30,32,37)/t20-,21-,23?/m0/s1. The van der Waals surface area contributed by atoms with Gasteiger partial charge >= 0.3 is 0 Å². The van der Waals surface area contributed by atoms with Crippen molar-refractivity contribution in [2.75, 3.05) is 23.9 Å². The van der Waals surface area contributed by atoms with Gasteiger partial charge in [0.15, 0.2) is 0 Å². The lowest BCUT2D eigenvalue weighted by Crippen LogP contribution is -2.57. The largest absolute Gasteiger partial charge is 0.343 e. The number of fused-ring (bicyclic) bond motifs is 1. The molecule has 0 spiro atoms. The van der Waals surface area contributed by atoms with Crippen molar-refractivity contribution >= 4 is 59.7 Å². The summed E-state index contributed by atoms with van der Waals surface area (Å²) in [4.78, 5) is 69.9. The molecule has 10 nitrogen and oxygen atoms in total. The number of carbonyl (C=O) groups is 5. The van der Waals surface area contributed by atoms with E-state index < -0.39 is 40.5 Å². The van der Waals surface area contributed by atoms with Crippen molar-refractivity contribution in [1.82, 2.24) is 20.5 Å². The van der Waals surface area contributed by atoms with Gasteiger partial charge in [-0.2, -0.15) is 24.4 Å². The average molecular weight is 600 g/mol. The Morgan fingerprint density at radius 2 is 1.56 bits per heavy atom. The van der Waals surface area contributed by atoms with Gasteiger partial charge in [-0.15, -0.1) is 0 Å². The average Bonchev–Trinajstić information content (AvgIpc) is 3.18. The van der Waals surface area contributed by atoms with Gasteiger partial charge < -0.3 is 16.0 Å². The first-order valence-corrected chi connectivity index (χ1v) is 15.3. The van der Waals surface area contributed by atoms with E-state index in [9.17, 15) is 24.0 Å². The van der Waals surface area contributed by atoms with E-state index in [1.54, 1.807) is 48.7 Å². The van der Waals surface area contributed by atoms with Crippen LogP contribution in [0.2, 0.25) is 0 Å². The monoisotopic (exact) mass is 599 g/mol. The van der Waals surface area contributed by atoms with E-state index in [0.717, 1.165) is 0 Å². The van der Waals surface area contributed by atoms with Crippen LogP contribution in [0.15, 0.2) is 48.7 Å². The number of aromatic nitrogens is 1. The van der Waals surface area contributed by atoms with Crippen LogP contribution in [0.25, 0.3) is 0 Å². The molecular weight excluding hydrogens is 562 g/mol. The molecule has 0 saturated heterocycles. The molecule has 0 saturated carbocycles. The zero-order chi connectivity index (χ0) is 30.2. The summed E-state index contributed by atoms with van der Waals surface area (Å²) in [7, 11) is 0.